The number of carbonyl (C=O) groups is 2. The highest BCUT2D eigenvalue weighted by atomic mass is 16.7. The van der Waals surface area contributed by atoms with Crippen LogP contribution in [0.15, 0.2) is 72.8 Å². The first-order valence-corrected chi connectivity index (χ1v) is 17.8. The Kier molecular flexibility index (Phi) is 12.5. The van der Waals surface area contributed by atoms with Crippen LogP contribution in [0.2, 0.25) is 0 Å². The molecule has 4 N–H and O–H groups in total. The van der Waals surface area contributed by atoms with Crippen LogP contribution in [-0.4, -0.2) is 76.8 Å². The first kappa shape index (κ1) is 35.2. The van der Waals surface area contributed by atoms with Crippen molar-refractivity contribution < 1.29 is 29.4 Å². The molecule has 0 saturated carbocycles. The van der Waals surface area contributed by atoms with Gasteiger partial charge in [0, 0.05) is 50.5 Å². The molecule has 3 saturated heterocycles. The summed E-state index contributed by atoms with van der Waals surface area (Å²) >= 11 is 0. The Bertz CT molecular complexity index is 1510. The van der Waals surface area contributed by atoms with Crippen LogP contribution in [0.25, 0.3) is 11.1 Å². The van der Waals surface area contributed by atoms with Crippen LogP contribution >= 0.6 is 0 Å². The average molecular weight is 671 g/mol. The second-order valence-electron chi connectivity index (χ2n) is 13.6. The molecule has 3 aromatic carbocycles. The third-order valence-electron chi connectivity index (χ3n) is 10.1. The maximum Gasteiger partial charge on any atom is 0.243 e. The summed E-state index contributed by atoms with van der Waals surface area (Å²) in [5.41, 5.74) is 7.61. The van der Waals surface area contributed by atoms with E-state index >= 15 is 0 Å². The fourth-order valence-corrected chi connectivity index (χ4v) is 7.35. The second kappa shape index (κ2) is 17.3. The van der Waals surface area contributed by atoms with Gasteiger partial charge in [-0.3, -0.25) is 19.7 Å². The summed E-state index contributed by atoms with van der Waals surface area (Å²) in [5, 5.41) is 21.1. The Hall–Kier alpha value is -3.64. The largest absolute Gasteiger partial charge is 0.392 e. The van der Waals surface area contributed by atoms with Crippen molar-refractivity contribution in [1.29, 1.82) is 0 Å². The third kappa shape index (κ3) is 9.75. The topological polar surface area (TPSA) is 124 Å². The number of nitrogens with one attached hydrogen (secondary N) is 2. The summed E-state index contributed by atoms with van der Waals surface area (Å²) in [6.45, 7) is 6.00. The summed E-state index contributed by atoms with van der Waals surface area (Å²) in [4.78, 5) is 28.7. The molecule has 10 heteroatoms. The van der Waals surface area contributed by atoms with Gasteiger partial charge in [-0.25, -0.2) is 5.48 Å². The van der Waals surface area contributed by atoms with Crippen LogP contribution in [-0.2, 0) is 32.2 Å². The van der Waals surface area contributed by atoms with Crippen LogP contribution < -0.4 is 10.8 Å². The first-order valence-electron chi connectivity index (χ1n) is 17.8. The van der Waals surface area contributed by atoms with Crippen molar-refractivity contribution in [2.24, 2.45) is 0 Å². The van der Waals surface area contributed by atoms with Crippen LogP contribution in [0.3, 0.4) is 0 Å². The molecular weight excluding hydrogens is 620 g/mol. The van der Waals surface area contributed by atoms with E-state index in [1.165, 1.54) is 38.8 Å². The molecular formula is C39H50N4O6. The molecule has 262 valence electrons. The van der Waals surface area contributed by atoms with E-state index in [-0.39, 0.29) is 37.6 Å². The van der Waals surface area contributed by atoms with E-state index in [0.717, 1.165) is 59.4 Å². The molecule has 3 aliphatic rings. The number of aliphatic hydroxyl groups excluding tert-OH is 1. The number of rotatable bonds is 14. The molecule has 4 atom stereocenters. The van der Waals surface area contributed by atoms with E-state index in [4.69, 9.17) is 14.7 Å². The van der Waals surface area contributed by atoms with Gasteiger partial charge in [0.15, 0.2) is 6.29 Å². The number of ether oxygens (including phenoxy) is 2. The van der Waals surface area contributed by atoms with Crippen molar-refractivity contribution in [3.63, 3.8) is 0 Å². The minimum Gasteiger partial charge on any atom is -0.392 e. The maximum atomic E-state index is 12.2. The molecule has 49 heavy (non-hydrogen) atoms. The van der Waals surface area contributed by atoms with E-state index < -0.39 is 12.2 Å². The molecule has 6 rings (SSSR count). The smallest absolute Gasteiger partial charge is 0.243 e. The Morgan fingerprint density at radius 3 is 2.31 bits per heavy atom. The highest BCUT2D eigenvalue weighted by Crippen LogP contribution is 2.39. The highest BCUT2D eigenvalue weighted by molar-refractivity contribution is 5.78. The minimum absolute atomic E-state index is 0.0187. The number of hydroxylamine groups is 1. The lowest BCUT2D eigenvalue weighted by atomic mass is 9.98. The van der Waals surface area contributed by atoms with Gasteiger partial charge in [0.05, 0.1) is 18.8 Å². The Morgan fingerprint density at radius 2 is 1.55 bits per heavy atom. The second-order valence-corrected chi connectivity index (χ2v) is 13.6. The van der Waals surface area contributed by atoms with E-state index in [0.29, 0.717) is 19.0 Å². The normalized spacial score (nSPS) is 23.1. The van der Waals surface area contributed by atoms with E-state index in [2.05, 4.69) is 63.6 Å². The van der Waals surface area contributed by atoms with E-state index in [1.54, 1.807) is 5.48 Å². The number of hydrogen-bond acceptors (Lipinski definition) is 8. The van der Waals surface area contributed by atoms with Crippen LogP contribution in [0, 0.1) is 0 Å². The van der Waals surface area contributed by atoms with E-state index in [1.807, 2.05) is 24.3 Å². The maximum absolute atomic E-state index is 12.2. The number of likely N-dealkylation sites (tertiary alicyclic amines) is 2. The van der Waals surface area contributed by atoms with Crippen molar-refractivity contribution in [2.75, 3.05) is 32.7 Å². The van der Waals surface area contributed by atoms with Gasteiger partial charge in [0.2, 0.25) is 11.8 Å². The number of nitrogens with zero attached hydrogens (tertiary/aromatic N) is 2. The molecule has 0 bridgehead atoms. The van der Waals surface area contributed by atoms with Gasteiger partial charge in [-0.1, -0.05) is 66.7 Å². The zero-order valence-corrected chi connectivity index (χ0v) is 28.3. The molecule has 0 radical (unpaired) electrons. The predicted molar refractivity (Wildman–Crippen MR) is 186 cm³/mol. The summed E-state index contributed by atoms with van der Waals surface area (Å²) < 4.78 is 13.4. The monoisotopic (exact) mass is 670 g/mol. The number of amides is 2. The molecule has 3 fully saturated rings. The summed E-state index contributed by atoms with van der Waals surface area (Å²) in [5.74, 6) is -0.634. The molecule has 0 aliphatic carbocycles. The molecule has 0 spiro atoms. The molecule has 3 aliphatic heterocycles. The fraction of sp³-hybridized carbons (Fsp3) is 0.487. The average Bonchev–Trinajstić information content (AvgIpc) is 3.83. The zero-order chi connectivity index (χ0) is 34.0. The lowest BCUT2D eigenvalue weighted by molar-refractivity contribution is -0.253. The van der Waals surface area contributed by atoms with Gasteiger partial charge in [0.1, 0.15) is 0 Å². The Morgan fingerprint density at radius 1 is 0.796 bits per heavy atom. The number of carbonyl (C=O) groups excluding carboxylic acids is 2. The lowest BCUT2D eigenvalue weighted by Crippen LogP contribution is -2.45. The molecule has 0 unspecified atom stereocenters. The molecule has 2 amide bonds. The number of hydrogen-bond donors (Lipinski definition) is 4. The van der Waals surface area contributed by atoms with Gasteiger partial charge in [-0.2, -0.15) is 0 Å². The molecule has 0 aromatic heterocycles. The van der Waals surface area contributed by atoms with Gasteiger partial charge in [0.25, 0.3) is 0 Å². The molecule has 3 heterocycles. The fourth-order valence-electron chi connectivity index (χ4n) is 7.35. The van der Waals surface area contributed by atoms with Gasteiger partial charge < -0.3 is 24.8 Å². The SMILES string of the molecule is O=C(CCCC(=O)NCc1cccc(-c2ccc([C@@H]3O[C@H](CN4CCC[C@H]4CN4CCCC4)C[C@H](c4ccc(CO)cc4)O3)cc2)c1)NO. The van der Waals surface area contributed by atoms with Crippen molar-refractivity contribution in [3.05, 3.63) is 95.1 Å². The van der Waals surface area contributed by atoms with Crippen molar-refractivity contribution in [1.82, 2.24) is 20.6 Å². The molecule has 10 nitrogen and oxygen atoms in total. The van der Waals surface area contributed by atoms with Gasteiger partial charge in [-0.05, 0) is 85.6 Å². The zero-order valence-electron chi connectivity index (χ0n) is 28.3. The molecule has 3 aromatic rings. The summed E-state index contributed by atoms with van der Waals surface area (Å²) in [6.07, 6.45) is 5.98. The van der Waals surface area contributed by atoms with E-state index in [9.17, 15) is 14.7 Å². The summed E-state index contributed by atoms with van der Waals surface area (Å²) in [6, 6.07) is 25.1. The van der Waals surface area contributed by atoms with Crippen LogP contribution in [0.4, 0.5) is 0 Å². The predicted octanol–water partition coefficient (Wildman–Crippen LogP) is 5.24. The van der Waals surface area contributed by atoms with Crippen LogP contribution in [0.1, 0.15) is 86.0 Å². The lowest BCUT2D eigenvalue weighted by Gasteiger charge is -2.39. The minimum atomic E-state index is -0.500. The van der Waals surface area contributed by atoms with Gasteiger partial charge in [-0.15, -0.1) is 0 Å². The third-order valence-corrected chi connectivity index (χ3v) is 10.1. The Labute approximate surface area is 289 Å². The van der Waals surface area contributed by atoms with Crippen molar-refractivity contribution in [3.8, 4) is 11.1 Å². The van der Waals surface area contributed by atoms with Crippen LogP contribution in [0.5, 0.6) is 0 Å². The highest BCUT2D eigenvalue weighted by Gasteiger charge is 2.36. The Balaban J connectivity index is 1.11. The summed E-state index contributed by atoms with van der Waals surface area (Å²) in [7, 11) is 0. The first-order chi connectivity index (χ1) is 24.0. The van der Waals surface area contributed by atoms with Crippen molar-refractivity contribution >= 4 is 11.8 Å². The standard InChI is InChI=1S/C39H50N4O6/c44-27-28-11-13-31(14-12-28)36-23-35(26-43-21-5-8-34(43)25-42-19-1-2-20-42)48-39(49-36)32-17-15-30(16-18-32)33-7-3-6-29(22-33)24-40-37(45)9-4-10-38(46)41-47/h3,6-7,11-18,22,34-36,39,44,47H,1-2,4-5,8-10,19-21,23-27H2,(H,40,45)(H,41,46)/t34-,35-,36+,39+/m0/s1. The van der Waals surface area contributed by atoms with Crippen molar-refractivity contribution in [2.45, 2.75) is 89.1 Å². The van der Waals surface area contributed by atoms with Gasteiger partial charge >= 0.3 is 0 Å². The number of benzene rings is 3. The number of aliphatic hydroxyl groups is 1. The quantitative estimate of drug-likeness (QED) is 0.136.